The van der Waals surface area contributed by atoms with Crippen LogP contribution >= 0.6 is 15.9 Å². The SMILES string of the molecule is Cc1cc(C)c2c(c1)C(NC(=O)C13CC4CC(CC(Br)(C4)C1)C3)CCO2. The summed E-state index contributed by atoms with van der Waals surface area (Å²) in [7, 11) is 0. The minimum Gasteiger partial charge on any atom is -0.493 e. The molecule has 1 aromatic rings. The molecule has 1 aromatic carbocycles. The van der Waals surface area contributed by atoms with Gasteiger partial charge < -0.3 is 10.1 Å². The maximum absolute atomic E-state index is 13.5. The number of amides is 1. The third-order valence-corrected chi connectivity index (χ3v) is 8.18. The van der Waals surface area contributed by atoms with Gasteiger partial charge in [0.25, 0.3) is 0 Å². The summed E-state index contributed by atoms with van der Waals surface area (Å²) in [5, 5.41) is 3.46. The van der Waals surface area contributed by atoms with Gasteiger partial charge in [-0.2, -0.15) is 0 Å². The predicted molar refractivity (Wildman–Crippen MR) is 106 cm³/mol. The number of halogens is 1. The molecule has 5 aliphatic rings. The van der Waals surface area contributed by atoms with Crippen molar-refractivity contribution in [1.82, 2.24) is 5.32 Å². The van der Waals surface area contributed by atoms with E-state index in [4.69, 9.17) is 4.74 Å². The van der Waals surface area contributed by atoms with E-state index in [0.29, 0.717) is 12.5 Å². The van der Waals surface area contributed by atoms with Crippen LogP contribution in [0, 0.1) is 31.1 Å². The summed E-state index contributed by atoms with van der Waals surface area (Å²) in [6, 6.07) is 4.44. The maximum Gasteiger partial charge on any atom is 0.226 e. The molecule has 0 saturated heterocycles. The molecule has 1 N–H and O–H groups in total. The quantitative estimate of drug-likeness (QED) is 0.689. The number of benzene rings is 1. The highest BCUT2D eigenvalue weighted by molar-refractivity contribution is 9.10. The van der Waals surface area contributed by atoms with E-state index < -0.39 is 0 Å². The van der Waals surface area contributed by atoms with Gasteiger partial charge in [-0.1, -0.05) is 33.6 Å². The minimum atomic E-state index is -0.148. The Hall–Kier alpha value is -1.03. The lowest BCUT2D eigenvalue weighted by Gasteiger charge is -2.59. The lowest BCUT2D eigenvalue weighted by molar-refractivity contribution is -0.145. The van der Waals surface area contributed by atoms with Crippen molar-refractivity contribution in [3.8, 4) is 5.75 Å². The van der Waals surface area contributed by atoms with E-state index >= 15 is 0 Å². The van der Waals surface area contributed by atoms with Crippen LogP contribution in [-0.4, -0.2) is 16.8 Å². The molecule has 1 aliphatic heterocycles. The van der Waals surface area contributed by atoms with Gasteiger partial charge in [0.1, 0.15) is 5.75 Å². The number of ether oxygens (including phenoxy) is 1. The van der Waals surface area contributed by atoms with E-state index in [1.807, 2.05) is 0 Å². The number of rotatable bonds is 2. The van der Waals surface area contributed by atoms with Crippen LogP contribution in [0.25, 0.3) is 0 Å². The Morgan fingerprint density at radius 1 is 1.19 bits per heavy atom. The van der Waals surface area contributed by atoms with Crippen molar-refractivity contribution in [3.05, 3.63) is 28.8 Å². The molecule has 6 rings (SSSR count). The Bertz CT molecular complexity index is 760. The highest BCUT2D eigenvalue weighted by Crippen LogP contribution is 2.64. The first-order valence-corrected chi connectivity index (χ1v) is 10.9. The summed E-state index contributed by atoms with van der Waals surface area (Å²) < 4.78 is 6.15. The zero-order valence-electron chi connectivity index (χ0n) is 15.7. The van der Waals surface area contributed by atoms with Gasteiger partial charge in [-0.15, -0.1) is 0 Å². The Kier molecular flexibility index (Phi) is 3.77. The van der Waals surface area contributed by atoms with Crippen LogP contribution in [0.3, 0.4) is 0 Å². The first-order valence-electron chi connectivity index (χ1n) is 10.1. The van der Waals surface area contributed by atoms with Crippen LogP contribution in [0.1, 0.15) is 67.7 Å². The largest absolute Gasteiger partial charge is 0.493 e. The van der Waals surface area contributed by atoms with E-state index in [2.05, 4.69) is 47.2 Å². The molecule has 3 atom stereocenters. The van der Waals surface area contributed by atoms with E-state index in [1.165, 1.54) is 36.0 Å². The molecule has 3 nitrogen and oxygen atoms in total. The number of carbonyl (C=O) groups excluding carboxylic acids is 1. The average molecular weight is 418 g/mol. The molecule has 0 radical (unpaired) electrons. The van der Waals surface area contributed by atoms with Crippen molar-refractivity contribution in [1.29, 1.82) is 0 Å². The van der Waals surface area contributed by atoms with Crippen molar-refractivity contribution in [2.24, 2.45) is 17.3 Å². The molecular weight excluding hydrogens is 390 g/mol. The number of fused-ring (bicyclic) bond motifs is 1. The van der Waals surface area contributed by atoms with Gasteiger partial charge in [-0.3, -0.25) is 4.79 Å². The minimum absolute atomic E-state index is 0.0872. The molecule has 4 aliphatic carbocycles. The van der Waals surface area contributed by atoms with Gasteiger partial charge in [0, 0.05) is 16.3 Å². The van der Waals surface area contributed by atoms with Gasteiger partial charge in [0.2, 0.25) is 5.91 Å². The van der Waals surface area contributed by atoms with Crippen LogP contribution in [0.15, 0.2) is 12.1 Å². The Labute approximate surface area is 164 Å². The number of carbonyl (C=O) groups is 1. The molecule has 4 bridgehead atoms. The second kappa shape index (κ2) is 5.73. The van der Waals surface area contributed by atoms with E-state index in [-0.39, 0.29) is 15.8 Å². The summed E-state index contributed by atoms with van der Waals surface area (Å²) in [5.74, 6) is 2.74. The zero-order valence-corrected chi connectivity index (χ0v) is 17.3. The van der Waals surface area contributed by atoms with Crippen LogP contribution in [0.5, 0.6) is 5.75 Å². The van der Waals surface area contributed by atoms with Gasteiger partial charge in [0.15, 0.2) is 0 Å². The first-order chi connectivity index (χ1) is 12.4. The fourth-order valence-corrected chi connectivity index (χ4v) is 8.21. The molecule has 4 heteroatoms. The molecular formula is C22H28BrNO2. The van der Waals surface area contributed by atoms with Crippen molar-refractivity contribution in [2.75, 3.05) is 6.61 Å². The highest BCUT2D eigenvalue weighted by Gasteiger charge is 2.59. The molecule has 3 unspecified atom stereocenters. The fraction of sp³-hybridized carbons (Fsp3) is 0.682. The molecule has 4 saturated carbocycles. The average Bonchev–Trinajstić information content (AvgIpc) is 2.53. The number of hydrogen-bond donors (Lipinski definition) is 1. The summed E-state index contributed by atoms with van der Waals surface area (Å²) in [5.41, 5.74) is 3.43. The standard InChI is InChI=1S/C22H28BrNO2/c1-13-5-14(2)19-17(6-13)18(3-4-26-19)24-20(25)21-8-15-7-16(9-21)11-22(23,10-15)12-21/h5-6,15-16,18H,3-4,7-12H2,1-2H3,(H,24,25). The third kappa shape index (κ3) is 2.63. The fourth-order valence-electron chi connectivity index (χ4n) is 6.76. The van der Waals surface area contributed by atoms with Crippen LogP contribution in [0.2, 0.25) is 0 Å². The zero-order chi connectivity index (χ0) is 18.1. The summed E-state index contributed by atoms with van der Waals surface area (Å²) in [6.45, 7) is 4.90. The second-order valence-electron chi connectivity index (χ2n) is 9.56. The third-order valence-electron chi connectivity index (χ3n) is 7.25. The van der Waals surface area contributed by atoms with Crippen molar-refractivity contribution in [2.45, 2.75) is 69.2 Å². The first kappa shape index (κ1) is 17.1. The highest BCUT2D eigenvalue weighted by atomic mass is 79.9. The topological polar surface area (TPSA) is 38.3 Å². The van der Waals surface area contributed by atoms with Gasteiger partial charge >= 0.3 is 0 Å². The summed E-state index contributed by atoms with van der Waals surface area (Å²) in [4.78, 5) is 13.5. The molecule has 1 heterocycles. The van der Waals surface area contributed by atoms with Crippen LogP contribution < -0.4 is 10.1 Å². The molecule has 140 valence electrons. The maximum atomic E-state index is 13.5. The Balaban J connectivity index is 1.42. The van der Waals surface area contributed by atoms with E-state index in [1.54, 1.807) is 0 Å². The smallest absolute Gasteiger partial charge is 0.226 e. The van der Waals surface area contributed by atoms with Crippen LogP contribution in [0.4, 0.5) is 0 Å². The Morgan fingerprint density at radius 2 is 1.92 bits per heavy atom. The number of alkyl halides is 1. The predicted octanol–water partition coefficient (Wildman–Crippen LogP) is 4.98. The van der Waals surface area contributed by atoms with Gasteiger partial charge in [0.05, 0.1) is 18.1 Å². The lowest BCUT2D eigenvalue weighted by Crippen LogP contribution is -2.58. The van der Waals surface area contributed by atoms with Crippen molar-refractivity contribution >= 4 is 21.8 Å². The number of aryl methyl sites for hydroxylation is 2. The van der Waals surface area contributed by atoms with E-state index in [0.717, 1.165) is 43.3 Å². The molecule has 1 amide bonds. The molecule has 26 heavy (non-hydrogen) atoms. The summed E-state index contributed by atoms with van der Waals surface area (Å²) in [6.07, 6.45) is 7.91. The molecule has 0 aromatic heterocycles. The number of nitrogens with one attached hydrogen (secondary N) is 1. The number of hydrogen-bond acceptors (Lipinski definition) is 2. The molecule has 4 fully saturated rings. The summed E-state index contributed by atoms with van der Waals surface area (Å²) >= 11 is 4.03. The lowest BCUT2D eigenvalue weighted by atomic mass is 9.49. The van der Waals surface area contributed by atoms with Crippen molar-refractivity contribution in [3.63, 3.8) is 0 Å². The van der Waals surface area contributed by atoms with Crippen LogP contribution in [-0.2, 0) is 4.79 Å². The monoisotopic (exact) mass is 417 g/mol. The van der Waals surface area contributed by atoms with Gasteiger partial charge in [-0.05, 0) is 69.8 Å². The Morgan fingerprint density at radius 3 is 2.62 bits per heavy atom. The molecule has 0 spiro atoms. The van der Waals surface area contributed by atoms with Crippen molar-refractivity contribution < 1.29 is 9.53 Å². The normalized spacial score (nSPS) is 40.0. The van der Waals surface area contributed by atoms with E-state index in [9.17, 15) is 4.79 Å². The van der Waals surface area contributed by atoms with Gasteiger partial charge in [-0.25, -0.2) is 0 Å². The second-order valence-corrected chi connectivity index (χ2v) is 11.2.